The molecule has 5 N–H and O–H groups in total. The van der Waals surface area contributed by atoms with Gasteiger partial charge in [-0.2, -0.15) is 4.37 Å². The molecule has 34 heavy (non-hydrogen) atoms. The number of nitrogens with two attached hydrogens (primary N) is 2. The molecule has 10 heteroatoms. The van der Waals surface area contributed by atoms with Crippen LogP contribution in [0.3, 0.4) is 0 Å². The molecule has 1 aromatic heterocycles. The number of benzene rings is 2. The molecule has 0 radical (unpaired) electrons. The summed E-state index contributed by atoms with van der Waals surface area (Å²) in [7, 11) is 4.71. The van der Waals surface area contributed by atoms with Crippen LogP contribution in [0.15, 0.2) is 35.7 Å². The number of aryl methyl sites for hydroxylation is 1. The van der Waals surface area contributed by atoms with Crippen LogP contribution >= 0.6 is 11.5 Å². The smallest absolute Gasteiger partial charge is 0.241 e. The van der Waals surface area contributed by atoms with Gasteiger partial charge in [0.05, 0.1) is 38.8 Å². The van der Waals surface area contributed by atoms with Crippen molar-refractivity contribution in [3.05, 3.63) is 41.3 Å². The molecule has 0 bridgehead atoms. The average molecular weight is 485 g/mol. The summed E-state index contributed by atoms with van der Waals surface area (Å²) >= 11 is 1.32. The van der Waals surface area contributed by atoms with E-state index in [0.717, 1.165) is 27.9 Å². The largest absolute Gasteiger partial charge is 0.495 e. The minimum Gasteiger partial charge on any atom is -0.495 e. The zero-order chi connectivity index (χ0) is 24.8. The van der Waals surface area contributed by atoms with Gasteiger partial charge >= 0.3 is 0 Å². The Hall–Kier alpha value is -3.63. The van der Waals surface area contributed by atoms with Crippen molar-refractivity contribution < 1.29 is 23.8 Å². The van der Waals surface area contributed by atoms with Gasteiger partial charge in [0.15, 0.2) is 11.5 Å². The molecule has 3 rings (SSSR count). The monoisotopic (exact) mass is 484 g/mol. The van der Waals surface area contributed by atoms with Gasteiger partial charge in [-0.15, -0.1) is 0 Å². The zero-order valence-corrected chi connectivity index (χ0v) is 20.3. The molecule has 2 aromatic carbocycles. The second-order valence-electron chi connectivity index (χ2n) is 7.62. The van der Waals surface area contributed by atoms with Crippen molar-refractivity contribution in [2.24, 2.45) is 11.5 Å². The number of amides is 2. The highest BCUT2D eigenvalue weighted by atomic mass is 32.1. The van der Waals surface area contributed by atoms with Crippen LogP contribution in [0.5, 0.6) is 17.2 Å². The number of primary amides is 1. The maximum absolute atomic E-state index is 12.6. The molecule has 1 heterocycles. The molecule has 2 amide bonds. The predicted molar refractivity (Wildman–Crippen MR) is 132 cm³/mol. The van der Waals surface area contributed by atoms with E-state index >= 15 is 0 Å². The first-order chi connectivity index (χ1) is 16.3. The van der Waals surface area contributed by atoms with Crippen LogP contribution in [0.25, 0.3) is 22.4 Å². The molecular weight excluding hydrogens is 456 g/mol. The van der Waals surface area contributed by atoms with Crippen molar-refractivity contribution in [2.45, 2.75) is 25.8 Å². The van der Waals surface area contributed by atoms with Gasteiger partial charge in [-0.3, -0.25) is 9.59 Å². The molecule has 1 atom stereocenters. The summed E-state index contributed by atoms with van der Waals surface area (Å²) in [6.45, 7) is 1.94. The highest BCUT2D eigenvalue weighted by molar-refractivity contribution is 7.04. The van der Waals surface area contributed by atoms with Gasteiger partial charge in [0, 0.05) is 22.9 Å². The van der Waals surface area contributed by atoms with Crippen LogP contribution in [0, 0.1) is 6.92 Å². The minimum atomic E-state index is -0.881. The lowest BCUT2D eigenvalue weighted by Crippen LogP contribution is -2.36. The quantitative estimate of drug-likeness (QED) is 0.401. The third-order valence-corrected chi connectivity index (χ3v) is 5.94. The van der Waals surface area contributed by atoms with Crippen LogP contribution in [0.2, 0.25) is 0 Å². The number of rotatable bonds is 10. The van der Waals surface area contributed by atoms with E-state index in [2.05, 4.69) is 9.69 Å². The number of nitrogens with one attached hydrogen (secondary N) is 1. The number of aromatic nitrogens is 1. The maximum Gasteiger partial charge on any atom is 0.241 e. The van der Waals surface area contributed by atoms with E-state index in [1.807, 2.05) is 30.5 Å². The van der Waals surface area contributed by atoms with Crippen LogP contribution in [0.4, 0.5) is 5.69 Å². The lowest BCUT2D eigenvalue weighted by molar-refractivity contribution is -0.119. The average Bonchev–Trinajstić information content (AvgIpc) is 3.31. The first-order valence-electron chi connectivity index (χ1n) is 10.5. The molecule has 0 saturated carbocycles. The summed E-state index contributed by atoms with van der Waals surface area (Å²) in [4.78, 5) is 23.6. The normalized spacial score (nSPS) is 11.6. The molecule has 0 saturated heterocycles. The van der Waals surface area contributed by atoms with Crippen molar-refractivity contribution in [1.82, 2.24) is 4.37 Å². The summed E-state index contributed by atoms with van der Waals surface area (Å²) in [5, 5.41) is 4.73. The standard InChI is InChI=1S/C24H28N4O5S/c1-13-9-15(11-20(32-3)23(13)33-4)22-16(12-34-28-22)14-5-7-19(31-2)18(10-14)27-24(30)17(25)6-8-21(26)29/h5,7,9-12,17H,6,8,25H2,1-4H3,(H2,26,29)(H,27,30)/t17-/m1/s1. The molecule has 0 spiro atoms. The Morgan fingerprint density at radius 2 is 1.79 bits per heavy atom. The Morgan fingerprint density at radius 3 is 2.44 bits per heavy atom. The van der Waals surface area contributed by atoms with E-state index < -0.39 is 17.9 Å². The fraction of sp³-hybridized carbons (Fsp3) is 0.292. The lowest BCUT2D eigenvalue weighted by Gasteiger charge is -2.16. The van der Waals surface area contributed by atoms with Gasteiger partial charge in [0.2, 0.25) is 11.8 Å². The topological polar surface area (TPSA) is 139 Å². The zero-order valence-electron chi connectivity index (χ0n) is 19.5. The Bertz CT molecular complexity index is 1190. The molecule has 9 nitrogen and oxygen atoms in total. The molecule has 0 unspecified atom stereocenters. The van der Waals surface area contributed by atoms with Crippen molar-refractivity contribution in [1.29, 1.82) is 0 Å². The molecule has 0 aliphatic rings. The minimum absolute atomic E-state index is 0.0282. The number of ether oxygens (including phenoxy) is 3. The lowest BCUT2D eigenvalue weighted by atomic mass is 9.99. The first kappa shape index (κ1) is 25.0. The first-order valence-corrected chi connectivity index (χ1v) is 11.3. The Kier molecular flexibility index (Phi) is 8.08. The SMILES string of the molecule is COc1ccc(-c2csnc2-c2cc(C)c(OC)c(OC)c2)cc1NC(=O)[C@H](N)CCC(N)=O. The van der Waals surface area contributed by atoms with E-state index in [0.29, 0.717) is 22.9 Å². The van der Waals surface area contributed by atoms with E-state index in [1.165, 1.54) is 18.6 Å². The van der Waals surface area contributed by atoms with Crippen molar-refractivity contribution in [2.75, 3.05) is 26.6 Å². The second kappa shape index (κ2) is 11.0. The fourth-order valence-electron chi connectivity index (χ4n) is 3.57. The number of carbonyl (C=O) groups is 2. The van der Waals surface area contributed by atoms with Crippen molar-refractivity contribution in [3.63, 3.8) is 0 Å². The number of hydrogen-bond acceptors (Lipinski definition) is 8. The summed E-state index contributed by atoms with van der Waals surface area (Å²) < 4.78 is 21.0. The van der Waals surface area contributed by atoms with Gasteiger partial charge in [0.25, 0.3) is 0 Å². The number of nitrogens with zero attached hydrogens (tertiary/aromatic N) is 1. The van der Waals surface area contributed by atoms with Crippen LogP contribution in [-0.4, -0.2) is 43.6 Å². The summed E-state index contributed by atoms with van der Waals surface area (Å²) in [6.07, 6.45) is 0.181. The van der Waals surface area contributed by atoms with Gasteiger partial charge in [-0.1, -0.05) is 6.07 Å². The summed E-state index contributed by atoms with van der Waals surface area (Å²) in [6, 6.07) is 8.45. The van der Waals surface area contributed by atoms with E-state index in [1.54, 1.807) is 26.4 Å². The summed E-state index contributed by atoms with van der Waals surface area (Å²) in [5.74, 6) is 0.821. The number of carbonyl (C=O) groups excluding carboxylic acids is 2. The molecule has 180 valence electrons. The summed E-state index contributed by atoms with van der Waals surface area (Å²) in [5.41, 5.74) is 15.8. The molecule has 0 fully saturated rings. The third kappa shape index (κ3) is 5.46. The predicted octanol–water partition coefficient (Wildman–Crippen LogP) is 3.34. The molecule has 0 aliphatic carbocycles. The Labute approximate surface area is 202 Å². The Morgan fingerprint density at radius 1 is 1.06 bits per heavy atom. The van der Waals surface area contributed by atoms with Gasteiger partial charge in [-0.25, -0.2) is 0 Å². The Balaban J connectivity index is 1.96. The van der Waals surface area contributed by atoms with Crippen LogP contribution in [-0.2, 0) is 9.59 Å². The van der Waals surface area contributed by atoms with Crippen LogP contribution < -0.4 is 31.0 Å². The second-order valence-corrected chi connectivity index (χ2v) is 8.25. The third-order valence-electron chi connectivity index (χ3n) is 5.31. The van der Waals surface area contributed by atoms with Gasteiger partial charge < -0.3 is 31.0 Å². The van der Waals surface area contributed by atoms with Gasteiger partial charge in [0.1, 0.15) is 5.75 Å². The number of hydrogen-bond donors (Lipinski definition) is 3. The number of methoxy groups -OCH3 is 3. The van der Waals surface area contributed by atoms with Crippen LogP contribution in [0.1, 0.15) is 18.4 Å². The van der Waals surface area contributed by atoms with E-state index in [-0.39, 0.29) is 12.8 Å². The molecule has 0 aliphatic heterocycles. The highest BCUT2D eigenvalue weighted by Crippen LogP contribution is 2.41. The van der Waals surface area contributed by atoms with Crippen molar-refractivity contribution >= 4 is 29.0 Å². The van der Waals surface area contributed by atoms with Gasteiger partial charge in [-0.05, 0) is 60.3 Å². The van der Waals surface area contributed by atoms with E-state index in [9.17, 15) is 9.59 Å². The van der Waals surface area contributed by atoms with Crippen molar-refractivity contribution in [3.8, 4) is 39.6 Å². The molecule has 3 aromatic rings. The van der Waals surface area contributed by atoms with E-state index in [4.69, 9.17) is 25.7 Å². The number of anilines is 1. The fourth-order valence-corrected chi connectivity index (χ4v) is 4.28. The maximum atomic E-state index is 12.6. The molecular formula is C24H28N4O5S. The highest BCUT2D eigenvalue weighted by Gasteiger charge is 2.19.